The number of nitrogens with zero attached hydrogens (tertiary/aromatic N) is 1. The summed E-state index contributed by atoms with van der Waals surface area (Å²) in [5.74, 6) is 1.03. The summed E-state index contributed by atoms with van der Waals surface area (Å²) in [6.45, 7) is 9.53. The topological polar surface area (TPSA) is 24.5 Å². The zero-order valence-corrected chi connectivity index (χ0v) is 15.1. The summed E-state index contributed by atoms with van der Waals surface area (Å²) in [6.07, 6.45) is 3.68. The monoisotopic (exact) mass is 326 g/mol. The van der Waals surface area contributed by atoms with Gasteiger partial charge in [-0.25, -0.2) is 0 Å². The Kier molecular flexibility index (Phi) is 6.11. The lowest BCUT2D eigenvalue weighted by Crippen LogP contribution is -2.37. The van der Waals surface area contributed by atoms with Crippen LogP contribution < -0.4 is 10.1 Å². The third-order valence-corrected chi connectivity index (χ3v) is 5.05. The van der Waals surface area contributed by atoms with Gasteiger partial charge in [0, 0.05) is 24.7 Å². The van der Waals surface area contributed by atoms with Crippen molar-refractivity contribution in [3.8, 4) is 5.75 Å². The lowest BCUT2D eigenvalue weighted by atomic mass is 10.0. The standard InChI is InChI=1S/C21H30N2O/c1-3-14-24-21-12-11-17-8-5-6-10-19(17)20(21)16-22-15-18-9-7-13-23(18)4-2/h5-6,8,10-12,18,22H,3-4,7,9,13-16H2,1-2H3/t18-/m0/s1. The van der Waals surface area contributed by atoms with Gasteiger partial charge < -0.3 is 10.1 Å². The molecule has 1 heterocycles. The van der Waals surface area contributed by atoms with Crippen molar-refractivity contribution in [3.63, 3.8) is 0 Å². The zero-order valence-electron chi connectivity index (χ0n) is 15.1. The summed E-state index contributed by atoms with van der Waals surface area (Å²) in [5.41, 5.74) is 1.29. The van der Waals surface area contributed by atoms with Crippen molar-refractivity contribution in [1.29, 1.82) is 0 Å². The number of benzene rings is 2. The van der Waals surface area contributed by atoms with Crippen LogP contribution in [-0.2, 0) is 6.54 Å². The SMILES string of the molecule is CCCOc1ccc2ccccc2c1CNC[C@@H]1CCCN1CC. The number of ether oxygens (including phenoxy) is 1. The van der Waals surface area contributed by atoms with Gasteiger partial charge in [0.25, 0.3) is 0 Å². The van der Waals surface area contributed by atoms with E-state index in [9.17, 15) is 0 Å². The fraction of sp³-hybridized carbons (Fsp3) is 0.524. The van der Waals surface area contributed by atoms with Crippen molar-refractivity contribution in [2.75, 3.05) is 26.2 Å². The quantitative estimate of drug-likeness (QED) is 0.787. The molecular formula is C21H30N2O. The van der Waals surface area contributed by atoms with Crippen LogP contribution in [0.4, 0.5) is 0 Å². The van der Waals surface area contributed by atoms with Gasteiger partial charge in [-0.3, -0.25) is 4.90 Å². The molecule has 0 saturated carbocycles. The van der Waals surface area contributed by atoms with Crippen LogP contribution >= 0.6 is 0 Å². The molecule has 1 aliphatic heterocycles. The maximum absolute atomic E-state index is 6.01. The molecule has 1 aliphatic rings. The summed E-state index contributed by atoms with van der Waals surface area (Å²) in [6, 6.07) is 13.6. The summed E-state index contributed by atoms with van der Waals surface area (Å²) in [4.78, 5) is 2.59. The highest BCUT2D eigenvalue weighted by atomic mass is 16.5. The molecule has 1 fully saturated rings. The molecule has 0 amide bonds. The Morgan fingerprint density at radius 3 is 2.88 bits per heavy atom. The van der Waals surface area contributed by atoms with Gasteiger partial charge in [-0.05, 0) is 49.2 Å². The highest BCUT2D eigenvalue weighted by Gasteiger charge is 2.22. The normalized spacial score (nSPS) is 18.3. The van der Waals surface area contributed by atoms with Crippen LogP contribution in [0.5, 0.6) is 5.75 Å². The van der Waals surface area contributed by atoms with E-state index in [4.69, 9.17) is 4.74 Å². The van der Waals surface area contributed by atoms with Crippen LogP contribution in [0.15, 0.2) is 36.4 Å². The number of nitrogens with one attached hydrogen (secondary N) is 1. The molecule has 130 valence electrons. The third-order valence-electron chi connectivity index (χ3n) is 5.05. The first-order valence-corrected chi connectivity index (χ1v) is 9.41. The predicted molar refractivity (Wildman–Crippen MR) is 102 cm³/mol. The molecule has 3 nitrogen and oxygen atoms in total. The second-order valence-electron chi connectivity index (χ2n) is 6.67. The first-order chi connectivity index (χ1) is 11.8. The Morgan fingerprint density at radius 1 is 1.17 bits per heavy atom. The van der Waals surface area contributed by atoms with Crippen LogP contribution in [0.2, 0.25) is 0 Å². The van der Waals surface area contributed by atoms with Gasteiger partial charge in [0.2, 0.25) is 0 Å². The Morgan fingerprint density at radius 2 is 2.04 bits per heavy atom. The first-order valence-electron chi connectivity index (χ1n) is 9.41. The molecule has 1 N–H and O–H groups in total. The molecule has 0 radical (unpaired) electrons. The second kappa shape index (κ2) is 8.50. The minimum atomic E-state index is 0.685. The van der Waals surface area contributed by atoms with Crippen LogP contribution in [0.25, 0.3) is 10.8 Å². The maximum Gasteiger partial charge on any atom is 0.124 e. The fourth-order valence-electron chi connectivity index (χ4n) is 3.75. The number of likely N-dealkylation sites (tertiary alicyclic amines) is 1. The molecule has 3 heteroatoms. The van der Waals surface area contributed by atoms with E-state index in [-0.39, 0.29) is 0 Å². The first kappa shape index (κ1) is 17.2. The van der Waals surface area contributed by atoms with E-state index >= 15 is 0 Å². The molecule has 2 aromatic rings. The van der Waals surface area contributed by atoms with E-state index in [1.54, 1.807) is 0 Å². The average Bonchev–Trinajstić information content (AvgIpc) is 3.08. The zero-order chi connectivity index (χ0) is 16.8. The highest BCUT2D eigenvalue weighted by Crippen LogP contribution is 2.28. The molecular weight excluding hydrogens is 296 g/mol. The molecule has 0 aromatic heterocycles. The summed E-state index contributed by atoms with van der Waals surface area (Å²) in [5, 5.41) is 6.28. The lowest BCUT2D eigenvalue weighted by Gasteiger charge is -2.23. The molecule has 2 aromatic carbocycles. The predicted octanol–water partition coefficient (Wildman–Crippen LogP) is 4.20. The smallest absolute Gasteiger partial charge is 0.124 e. The summed E-state index contributed by atoms with van der Waals surface area (Å²) in [7, 11) is 0. The molecule has 1 atom stereocenters. The van der Waals surface area contributed by atoms with E-state index in [2.05, 4.69) is 60.5 Å². The molecule has 0 aliphatic carbocycles. The third kappa shape index (κ3) is 3.90. The van der Waals surface area contributed by atoms with Gasteiger partial charge in [-0.15, -0.1) is 0 Å². The summed E-state index contributed by atoms with van der Waals surface area (Å²) < 4.78 is 6.01. The van der Waals surface area contributed by atoms with Crippen molar-refractivity contribution in [3.05, 3.63) is 42.0 Å². The molecule has 0 bridgehead atoms. The number of hydrogen-bond donors (Lipinski definition) is 1. The molecule has 3 rings (SSSR count). The second-order valence-corrected chi connectivity index (χ2v) is 6.67. The average molecular weight is 326 g/mol. The van der Waals surface area contributed by atoms with Gasteiger partial charge in [-0.1, -0.05) is 44.2 Å². The fourth-order valence-corrected chi connectivity index (χ4v) is 3.75. The van der Waals surface area contributed by atoms with Gasteiger partial charge >= 0.3 is 0 Å². The molecule has 1 saturated heterocycles. The number of hydrogen-bond acceptors (Lipinski definition) is 3. The van der Waals surface area contributed by atoms with Crippen molar-refractivity contribution >= 4 is 10.8 Å². The van der Waals surface area contributed by atoms with Gasteiger partial charge in [-0.2, -0.15) is 0 Å². The minimum absolute atomic E-state index is 0.685. The van der Waals surface area contributed by atoms with Crippen LogP contribution in [0.1, 0.15) is 38.7 Å². The highest BCUT2D eigenvalue weighted by molar-refractivity contribution is 5.87. The van der Waals surface area contributed by atoms with Crippen molar-refractivity contribution in [1.82, 2.24) is 10.2 Å². The van der Waals surface area contributed by atoms with Crippen LogP contribution in [0, 0.1) is 0 Å². The molecule has 0 spiro atoms. The maximum atomic E-state index is 6.01. The van der Waals surface area contributed by atoms with Gasteiger partial charge in [0.1, 0.15) is 5.75 Å². The van der Waals surface area contributed by atoms with Crippen LogP contribution in [-0.4, -0.2) is 37.2 Å². The summed E-state index contributed by atoms with van der Waals surface area (Å²) >= 11 is 0. The van der Waals surface area contributed by atoms with E-state index in [1.165, 1.54) is 35.7 Å². The number of likely N-dealkylation sites (N-methyl/N-ethyl adjacent to an activating group) is 1. The number of fused-ring (bicyclic) bond motifs is 1. The minimum Gasteiger partial charge on any atom is -0.493 e. The Hall–Kier alpha value is -1.58. The Balaban J connectivity index is 1.73. The largest absolute Gasteiger partial charge is 0.493 e. The Labute approximate surface area is 146 Å². The van der Waals surface area contributed by atoms with E-state index in [1.807, 2.05) is 0 Å². The lowest BCUT2D eigenvalue weighted by molar-refractivity contribution is 0.259. The number of rotatable bonds is 8. The van der Waals surface area contributed by atoms with Gasteiger partial charge in [0.05, 0.1) is 6.61 Å². The van der Waals surface area contributed by atoms with Crippen molar-refractivity contribution in [2.24, 2.45) is 0 Å². The van der Waals surface area contributed by atoms with E-state index in [0.717, 1.165) is 38.4 Å². The van der Waals surface area contributed by atoms with E-state index in [0.29, 0.717) is 6.04 Å². The Bertz CT molecular complexity index is 655. The van der Waals surface area contributed by atoms with E-state index < -0.39 is 0 Å². The van der Waals surface area contributed by atoms with Crippen molar-refractivity contribution in [2.45, 2.75) is 45.7 Å². The van der Waals surface area contributed by atoms with Crippen LogP contribution in [0.3, 0.4) is 0 Å². The van der Waals surface area contributed by atoms with Gasteiger partial charge in [0.15, 0.2) is 0 Å². The molecule has 0 unspecified atom stereocenters. The van der Waals surface area contributed by atoms with Crippen molar-refractivity contribution < 1.29 is 4.74 Å². The molecule has 24 heavy (non-hydrogen) atoms.